The maximum absolute atomic E-state index is 15.9. The van der Waals surface area contributed by atoms with Crippen molar-refractivity contribution < 1.29 is 4.39 Å². The third-order valence-corrected chi connectivity index (χ3v) is 6.53. The molecular weight excluding hydrogens is 461 g/mol. The van der Waals surface area contributed by atoms with Gasteiger partial charge in [0.15, 0.2) is 11.6 Å². The highest BCUT2D eigenvalue weighted by molar-refractivity contribution is 7.11. The van der Waals surface area contributed by atoms with Gasteiger partial charge in [-0.05, 0) is 36.5 Å². The first-order valence-electron chi connectivity index (χ1n) is 11.2. The fourth-order valence-corrected chi connectivity index (χ4v) is 4.75. The smallest absolute Gasteiger partial charge is 0.161 e. The third kappa shape index (κ3) is 4.31. The number of fused-ring (bicyclic) bond motifs is 1. The van der Waals surface area contributed by atoms with E-state index in [9.17, 15) is 0 Å². The number of hydrogen-bond acceptors (Lipinski definition) is 6. The number of allylic oxidation sites excluding steroid dienone is 2. The summed E-state index contributed by atoms with van der Waals surface area (Å²) in [6, 6.07) is 5.93. The Kier molecular flexibility index (Phi) is 6.35. The number of aromatic amines is 2. The summed E-state index contributed by atoms with van der Waals surface area (Å²) in [5.41, 5.74) is 5.25. The lowest BCUT2D eigenvalue weighted by Crippen LogP contribution is -2.11. The van der Waals surface area contributed by atoms with E-state index in [4.69, 9.17) is 4.98 Å². The molecule has 9 heteroatoms. The van der Waals surface area contributed by atoms with Crippen molar-refractivity contribution in [2.24, 2.45) is 0 Å². The van der Waals surface area contributed by atoms with Gasteiger partial charge in [0.1, 0.15) is 11.4 Å². The van der Waals surface area contributed by atoms with E-state index in [1.807, 2.05) is 43.5 Å². The van der Waals surface area contributed by atoms with Crippen LogP contribution in [0.3, 0.4) is 0 Å². The van der Waals surface area contributed by atoms with E-state index in [0.717, 1.165) is 33.9 Å². The van der Waals surface area contributed by atoms with Gasteiger partial charge in [0.2, 0.25) is 0 Å². The van der Waals surface area contributed by atoms with Gasteiger partial charge in [0.25, 0.3) is 0 Å². The second-order valence-corrected chi connectivity index (χ2v) is 8.94. The van der Waals surface area contributed by atoms with Crippen molar-refractivity contribution in [3.63, 3.8) is 0 Å². The van der Waals surface area contributed by atoms with Crippen LogP contribution >= 0.6 is 11.3 Å². The van der Waals surface area contributed by atoms with Crippen LogP contribution in [0, 0.1) is 12.7 Å². The monoisotopic (exact) mass is 485 g/mol. The van der Waals surface area contributed by atoms with Crippen LogP contribution in [0.5, 0.6) is 0 Å². The Bertz CT molecular complexity index is 1530. The molecule has 0 aromatic carbocycles. The molecule has 5 rings (SSSR count). The van der Waals surface area contributed by atoms with Crippen molar-refractivity contribution in [2.75, 3.05) is 6.54 Å². The number of pyridine rings is 2. The van der Waals surface area contributed by atoms with E-state index in [1.165, 1.54) is 0 Å². The largest absolute Gasteiger partial charge is 0.340 e. The van der Waals surface area contributed by atoms with E-state index < -0.39 is 5.82 Å². The normalized spacial score (nSPS) is 11.9. The Morgan fingerprint density at radius 1 is 1.26 bits per heavy atom. The number of nitrogens with zero attached hydrogens (tertiary/aromatic N) is 4. The van der Waals surface area contributed by atoms with Gasteiger partial charge >= 0.3 is 0 Å². The molecule has 5 heterocycles. The summed E-state index contributed by atoms with van der Waals surface area (Å²) in [6.07, 6.45) is 8.64. The molecule has 5 aromatic rings. The van der Waals surface area contributed by atoms with Crippen molar-refractivity contribution in [3.8, 4) is 22.8 Å². The highest BCUT2D eigenvalue weighted by Gasteiger charge is 2.22. The molecule has 176 valence electrons. The molecule has 5 aromatic heterocycles. The number of rotatable bonds is 8. The average molecular weight is 486 g/mol. The molecule has 0 bridgehead atoms. The van der Waals surface area contributed by atoms with Crippen molar-refractivity contribution in [1.29, 1.82) is 0 Å². The number of imidazole rings is 1. The van der Waals surface area contributed by atoms with Crippen LogP contribution in [0.2, 0.25) is 0 Å². The van der Waals surface area contributed by atoms with Crippen LogP contribution in [0.25, 0.3) is 39.3 Å². The van der Waals surface area contributed by atoms with Crippen LogP contribution in [0.4, 0.5) is 4.39 Å². The van der Waals surface area contributed by atoms with E-state index in [-0.39, 0.29) is 5.69 Å². The van der Waals surface area contributed by atoms with Gasteiger partial charge < -0.3 is 10.3 Å². The highest BCUT2D eigenvalue weighted by atomic mass is 32.1. The molecule has 3 N–H and O–H groups in total. The molecule has 0 amide bonds. The molecule has 0 aliphatic rings. The lowest BCUT2D eigenvalue weighted by atomic mass is 10.1. The lowest BCUT2D eigenvalue weighted by Gasteiger charge is -2.07. The molecule has 0 atom stereocenters. The summed E-state index contributed by atoms with van der Waals surface area (Å²) in [7, 11) is 0. The number of aryl methyl sites for hydroxylation is 1. The maximum Gasteiger partial charge on any atom is 0.161 e. The first-order chi connectivity index (χ1) is 17.1. The van der Waals surface area contributed by atoms with E-state index in [1.54, 1.807) is 36.0 Å². The van der Waals surface area contributed by atoms with Crippen molar-refractivity contribution in [2.45, 2.75) is 20.4 Å². The lowest BCUT2D eigenvalue weighted by molar-refractivity contribution is 0.638. The maximum atomic E-state index is 15.9. The zero-order chi connectivity index (χ0) is 24.4. The van der Waals surface area contributed by atoms with E-state index in [0.29, 0.717) is 34.5 Å². The van der Waals surface area contributed by atoms with Gasteiger partial charge in [0.05, 0.1) is 22.8 Å². The van der Waals surface area contributed by atoms with Crippen molar-refractivity contribution in [3.05, 3.63) is 88.5 Å². The van der Waals surface area contributed by atoms with Crippen LogP contribution in [-0.4, -0.2) is 36.7 Å². The van der Waals surface area contributed by atoms with Crippen molar-refractivity contribution >= 4 is 27.8 Å². The van der Waals surface area contributed by atoms with Crippen LogP contribution in [0.15, 0.2) is 60.9 Å². The number of aromatic nitrogens is 6. The van der Waals surface area contributed by atoms with E-state index >= 15 is 4.39 Å². The molecule has 0 radical (unpaired) electrons. The second-order valence-electron chi connectivity index (χ2n) is 8.00. The first kappa shape index (κ1) is 22.8. The second kappa shape index (κ2) is 9.73. The summed E-state index contributed by atoms with van der Waals surface area (Å²) in [6.45, 7) is 9.30. The minimum atomic E-state index is -0.468. The summed E-state index contributed by atoms with van der Waals surface area (Å²) in [5, 5.41) is 12.9. The Morgan fingerprint density at radius 3 is 2.91 bits per heavy atom. The summed E-state index contributed by atoms with van der Waals surface area (Å²) < 4.78 is 15.9. The number of halogens is 1. The standard InChI is InChI=1S/C26H24FN7S/c1-4-7-18(20-8-6-9-35-20)23-15(3)31-26(32-23)25-21-19(33-34-25)14-30-24(22(21)27)17-10-16(11-28-5-2)12-29-13-17/h4,6-10,12-14,28H,1,5,11H2,2-3H3,(H,31,32)(H,33,34)/b18-7-. The van der Waals surface area contributed by atoms with Crippen LogP contribution in [0.1, 0.15) is 28.8 Å². The number of thiophene rings is 1. The molecule has 0 spiro atoms. The average Bonchev–Trinajstić information content (AvgIpc) is 3.62. The van der Waals surface area contributed by atoms with Crippen LogP contribution < -0.4 is 5.32 Å². The predicted molar refractivity (Wildman–Crippen MR) is 138 cm³/mol. The minimum absolute atomic E-state index is 0.223. The third-order valence-electron chi connectivity index (χ3n) is 5.63. The quantitative estimate of drug-likeness (QED) is 0.247. The number of hydrogen-bond donors (Lipinski definition) is 3. The molecule has 0 fully saturated rings. The molecular formula is C26H24FN7S. The molecule has 0 saturated heterocycles. The van der Waals surface area contributed by atoms with Gasteiger partial charge in [-0.3, -0.25) is 15.1 Å². The highest BCUT2D eigenvalue weighted by Crippen LogP contribution is 2.34. The van der Waals surface area contributed by atoms with Gasteiger partial charge in [-0.15, -0.1) is 11.3 Å². The predicted octanol–water partition coefficient (Wildman–Crippen LogP) is 5.65. The summed E-state index contributed by atoms with van der Waals surface area (Å²) >= 11 is 1.62. The Hall–Kier alpha value is -3.95. The zero-order valence-electron chi connectivity index (χ0n) is 19.4. The Labute approximate surface area is 205 Å². The molecule has 0 aliphatic carbocycles. The first-order valence-corrected chi connectivity index (χ1v) is 12.1. The fraction of sp³-hybridized carbons (Fsp3) is 0.154. The molecule has 0 aliphatic heterocycles. The zero-order valence-corrected chi connectivity index (χ0v) is 20.2. The molecule has 0 saturated carbocycles. The van der Waals surface area contributed by atoms with Crippen LogP contribution in [-0.2, 0) is 6.54 Å². The summed E-state index contributed by atoms with van der Waals surface area (Å²) in [5.74, 6) is 0.00899. The Balaban J connectivity index is 1.60. The van der Waals surface area contributed by atoms with Crippen molar-refractivity contribution in [1.82, 2.24) is 35.5 Å². The number of H-pyrrole nitrogens is 2. The topological polar surface area (TPSA) is 95.2 Å². The molecule has 7 nitrogen and oxygen atoms in total. The SMILES string of the molecule is C=C/C=C(/c1cccs1)c1nc(-c2n[nH]c3cnc(-c4cncc(CNCC)c4)c(F)c23)[nH]c1C. The van der Waals surface area contributed by atoms with Gasteiger partial charge in [-0.25, -0.2) is 9.37 Å². The molecule has 0 unspecified atom stereocenters. The van der Waals surface area contributed by atoms with Gasteiger partial charge in [-0.1, -0.05) is 31.7 Å². The minimum Gasteiger partial charge on any atom is -0.340 e. The van der Waals surface area contributed by atoms with E-state index in [2.05, 4.69) is 37.0 Å². The fourth-order valence-electron chi connectivity index (χ4n) is 3.99. The number of nitrogens with one attached hydrogen (secondary N) is 3. The van der Waals surface area contributed by atoms with Gasteiger partial charge in [-0.2, -0.15) is 5.10 Å². The molecule has 35 heavy (non-hydrogen) atoms. The van der Waals surface area contributed by atoms with Gasteiger partial charge in [0, 0.05) is 40.6 Å². The Morgan fingerprint density at radius 2 is 2.14 bits per heavy atom. The summed E-state index contributed by atoms with van der Waals surface area (Å²) in [4.78, 5) is 17.8.